The lowest BCUT2D eigenvalue weighted by atomic mass is 9.45. The van der Waals surface area contributed by atoms with E-state index in [0.29, 0.717) is 43.4 Å². The van der Waals surface area contributed by atoms with E-state index >= 15 is 0 Å². The number of nitrogens with one attached hydrogen (secondary N) is 3. The molecule has 5 fully saturated rings. The fourth-order valence-corrected chi connectivity index (χ4v) is 9.35. The predicted octanol–water partition coefficient (Wildman–Crippen LogP) is 5.60. The van der Waals surface area contributed by atoms with Crippen molar-refractivity contribution in [2.24, 2.45) is 45.8 Å². The molecule has 0 aromatic heterocycles. The van der Waals surface area contributed by atoms with Crippen LogP contribution in [0.1, 0.15) is 144 Å². The van der Waals surface area contributed by atoms with Gasteiger partial charge in [-0.05, 0) is 93.8 Å². The molecule has 0 aromatic rings. The number of guanidine groups is 1. The molecule has 5 rings (SSSR count). The maximum absolute atomic E-state index is 14.2. The third-order valence-corrected chi connectivity index (χ3v) is 12.4. The zero-order valence-electron chi connectivity index (χ0n) is 31.8. The molecular formula is C37H64BN7O6. The molecule has 7 atom stereocenters. The van der Waals surface area contributed by atoms with Crippen molar-refractivity contribution in [2.45, 2.75) is 167 Å². The van der Waals surface area contributed by atoms with Gasteiger partial charge in [-0.2, -0.15) is 5.26 Å². The lowest BCUT2D eigenvalue weighted by molar-refractivity contribution is -0.485. The van der Waals surface area contributed by atoms with Gasteiger partial charge in [-0.15, -0.1) is 0 Å². The molecule has 2 amide bonds. The fourth-order valence-electron chi connectivity index (χ4n) is 9.35. The number of amides is 2. The summed E-state index contributed by atoms with van der Waals surface area (Å²) in [5.74, 6) is 0.383. The fraction of sp³-hybridized carbons (Fsp3) is 0.892. The van der Waals surface area contributed by atoms with E-state index in [1.807, 2.05) is 0 Å². The van der Waals surface area contributed by atoms with Gasteiger partial charge in [0.2, 0.25) is 11.8 Å². The number of hydrazone groups is 1. The summed E-state index contributed by atoms with van der Waals surface area (Å²) in [4.78, 5) is 39.0. The highest BCUT2D eigenvalue weighted by atomic mass is 16.7. The Morgan fingerprint density at radius 2 is 1.73 bits per heavy atom. The summed E-state index contributed by atoms with van der Waals surface area (Å²) < 4.78 is 13.4. The van der Waals surface area contributed by atoms with Crippen molar-refractivity contribution in [1.29, 1.82) is 5.26 Å². The van der Waals surface area contributed by atoms with Crippen molar-refractivity contribution in [3.8, 4) is 6.07 Å². The van der Waals surface area contributed by atoms with E-state index < -0.39 is 18.2 Å². The van der Waals surface area contributed by atoms with E-state index in [9.17, 15) is 19.7 Å². The minimum absolute atomic E-state index is 0.0216. The van der Waals surface area contributed by atoms with Gasteiger partial charge in [0, 0.05) is 18.9 Å². The van der Waals surface area contributed by atoms with Crippen LogP contribution in [0, 0.1) is 56.4 Å². The van der Waals surface area contributed by atoms with E-state index in [0.717, 1.165) is 83.5 Å². The summed E-state index contributed by atoms with van der Waals surface area (Å²) in [6.07, 6.45) is 15.3. The number of nitro groups is 1. The zero-order chi connectivity index (χ0) is 37.2. The first-order valence-electron chi connectivity index (χ1n) is 19.8. The van der Waals surface area contributed by atoms with Gasteiger partial charge in [-0.25, -0.2) is 10.1 Å². The zero-order valence-corrected chi connectivity index (χ0v) is 31.8. The Labute approximate surface area is 305 Å². The first-order chi connectivity index (χ1) is 24.2. The number of nitrogens with two attached hydrogens (primary N) is 1. The Bertz CT molecular complexity index is 1250. The summed E-state index contributed by atoms with van der Waals surface area (Å²) >= 11 is 0. The van der Waals surface area contributed by atoms with Gasteiger partial charge in [0.25, 0.3) is 5.96 Å². The Kier molecular flexibility index (Phi) is 15.0. The molecule has 0 radical (unpaired) electrons. The average Bonchev–Trinajstić information content (AvgIpc) is 3.72. The molecule has 51 heavy (non-hydrogen) atoms. The van der Waals surface area contributed by atoms with Crippen LogP contribution in [-0.4, -0.2) is 60.2 Å². The van der Waals surface area contributed by atoms with Crippen LogP contribution in [0.25, 0.3) is 0 Å². The minimum atomic E-state index is -0.861. The van der Waals surface area contributed by atoms with Crippen molar-refractivity contribution in [2.75, 3.05) is 6.54 Å². The van der Waals surface area contributed by atoms with Gasteiger partial charge in [0.1, 0.15) is 11.1 Å². The van der Waals surface area contributed by atoms with Crippen LogP contribution in [0.2, 0.25) is 0 Å². The number of hydrogen-bond donors (Lipinski definition) is 4. The van der Waals surface area contributed by atoms with Crippen molar-refractivity contribution < 1.29 is 23.9 Å². The first-order valence-corrected chi connectivity index (χ1v) is 19.8. The van der Waals surface area contributed by atoms with E-state index in [2.05, 4.69) is 61.7 Å². The average molecular weight is 714 g/mol. The van der Waals surface area contributed by atoms with Gasteiger partial charge in [-0.3, -0.25) is 9.59 Å². The Morgan fingerprint density at radius 3 is 2.37 bits per heavy atom. The SMILES string of the molecule is CC(C)C[C@H](NC(=O)[C@H](CCCN/C(N)=N\[N+](=O)[O-])NC(=O)C(CCCCCCCCC#N)C1CCCC1)B1O[C@@H]2[C@@H]3C[C@@H](C[C@]2(C)O1)C3(C)C. The van der Waals surface area contributed by atoms with Crippen LogP contribution in [0.15, 0.2) is 5.10 Å². The summed E-state index contributed by atoms with van der Waals surface area (Å²) in [6.45, 7) is 11.3. The monoisotopic (exact) mass is 714 g/mol. The molecule has 1 unspecified atom stereocenters. The lowest BCUT2D eigenvalue weighted by Crippen LogP contribution is -2.63. The standard InChI is InChI=1S/C37H64BN7O6/c1-25(2)22-31(38-50-32-29-23-27(36(29,3)4)24-37(32,5)51-38)43-34(47)30(19-15-21-41-35(40)44-45(48)49)42-33(46)28(26-16-12-13-17-26)18-11-9-7-6-8-10-14-20-39/h25-32H,6-19,21-24H2,1-5H3,(H,42,46)(H,43,47)(H3,40,41,44)/t27-,28?,29-,30-,31-,32+,37-/m0/s1. The summed E-state index contributed by atoms with van der Waals surface area (Å²) in [7, 11) is -0.580. The van der Waals surface area contributed by atoms with Crippen molar-refractivity contribution in [3.63, 3.8) is 0 Å². The summed E-state index contributed by atoms with van der Waals surface area (Å²) in [5, 5.41) is 30.8. The van der Waals surface area contributed by atoms with Crippen LogP contribution in [-0.2, 0) is 18.9 Å². The number of unbranched alkanes of at least 4 members (excludes halogenated alkanes) is 6. The highest BCUT2D eigenvalue weighted by molar-refractivity contribution is 6.48. The minimum Gasteiger partial charge on any atom is -0.404 e. The molecule has 2 bridgehead atoms. The first kappa shape index (κ1) is 40.8. The topological polar surface area (TPSA) is 194 Å². The van der Waals surface area contributed by atoms with Crippen LogP contribution in [0.3, 0.4) is 0 Å². The van der Waals surface area contributed by atoms with Gasteiger partial charge < -0.3 is 31.0 Å². The molecule has 4 saturated carbocycles. The second-order valence-corrected chi connectivity index (χ2v) is 17.0. The van der Waals surface area contributed by atoms with Crippen molar-refractivity contribution in [3.05, 3.63) is 10.1 Å². The van der Waals surface area contributed by atoms with Gasteiger partial charge >= 0.3 is 7.12 Å². The number of carbonyl (C=O) groups is 2. The Morgan fingerprint density at radius 1 is 1.04 bits per heavy atom. The molecule has 13 nitrogen and oxygen atoms in total. The predicted molar refractivity (Wildman–Crippen MR) is 197 cm³/mol. The molecule has 1 saturated heterocycles. The Hall–Kier alpha value is -2.92. The maximum Gasteiger partial charge on any atom is 0.481 e. The maximum atomic E-state index is 14.2. The summed E-state index contributed by atoms with van der Waals surface area (Å²) in [6, 6.07) is 1.40. The number of rotatable bonds is 21. The highest BCUT2D eigenvalue weighted by Gasteiger charge is 2.67. The van der Waals surface area contributed by atoms with Crippen LogP contribution in [0.4, 0.5) is 0 Å². The third kappa shape index (κ3) is 11.0. The largest absolute Gasteiger partial charge is 0.481 e. The molecule has 0 aromatic carbocycles. The van der Waals surface area contributed by atoms with Crippen LogP contribution < -0.4 is 21.7 Å². The van der Waals surface area contributed by atoms with E-state index in [4.69, 9.17) is 20.3 Å². The van der Waals surface area contributed by atoms with Crippen LogP contribution >= 0.6 is 0 Å². The lowest BCUT2D eigenvalue weighted by Gasteiger charge is -2.63. The van der Waals surface area contributed by atoms with Gasteiger partial charge in [-0.1, -0.05) is 72.6 Å². The van der Waals surface area contributed by atoms with E-state index in [-0.39, 0.29) is 59.2 Å². The number of nitrogens with zero attached hydrogens (tertiary/aromatic N) is 3. The third-order valence-electron chi connectivity index (χ3n) is 12.4. The normalized spacial score (nSPS) is 27.2. The quantitative estimate of drug-likeness (QED) is 0.0293. The molecule has 0 spiro atoms. The molecule has 286 valence electrons. The van der Waals surface area contributed by atoms with Crippen molar-refractivity contribution in [1.82, 2.24) is 16.0 Å². The van der Waals surface area contributed by atoms with E-state index in [1.54, 1.807) is 0 Å². The summed E-state index contributed by atoms with van der Waals surface area (Å²) in [5.41, 5.74) is 5.45. The molecule has 4 aliphatic carbocycles. The van der Waals surface area contributed by atoms with Crippen molar-refractivity contribution >= 4 is 24.9 Å². The van der Waals surface area contributed by atoms with E-state index in [1.165, 1.54) is 0 Å². The number of hydrogen-bond acceptors (Lipinski definition) is 7. The van der Waals surface area contributed by atoms with Crippen LogP contribution in [0.5, 0.6) is 0 Å². The smallest absolute Gasteiger partial charge is 0.404 e. The number of carbonyl (C=O) groups excluding carboxylic acids is 2. The molecule has 1 heterocycles. The second kappa shape index (κ2) is 18.7. The molecular weight excluding hydrogens is 649 g/mol. The van der Waals surface area contributed by atoms with Gasteiger partial charge in [0.05, 0.1) is 23.7 Å². The molecule has 5 aliphatic rings. The molecule has 5 N–H and O–H groups in total. The molecule has 1 aliphatic heterocycles. The molecule has 14 heteroatoms. The highest BCUT2D eigenvalue weighted by Crippen LogP contribution is 2.64. The van der Waals surface area contributed by atoms with Gasteiger partial charge in [0.15, 0.2) is 5.03 Å². The second-order valence-electron chi connectivity index (χ2n) is 17.0. The Balaban J connectivity index is 1.43. The number of nitriles is 1.